The second kappa shape index (κ2) is 4.57. The lowest BCUT2D eigenvalue weighted by Crippen LogP contribution is -2.11. The first kappa shape index (κ1) is 11.5. The summed E-state index contributed by atoms with van der Waals surface area (Å²) in [6, 6.07) is 14.9. The second-order valence-electron chi connectivity index (χ2n) is 4.36. The van der Waals surface area contributed by atoms with E-state index in [0.29, 0.717) is 5.56 Å². The Kier molecular flexibility index (Phi) is 2.76. The molecule has 0 unspecified atom stereocenters. The average molecular weight is 251 g/mol. The summed E-state index contributed by atoms with van der Waals surface area (Å²) in [6.45, 7) is 0. The van der Waals surface area contributed by atoms with Crippen LogP contribution in [0.5, 0.6) is 0 Å². The van der Waals surface area contributed by atoms with Gasteiger partial charge in [0.2, 0.25) is 0 Å². The van der Waals surface area contributed by atoms with Gasteiger partial charge in [0.15, 0.2) is 0 Å². The number of benzene rings is 2. The lowest BCUT2D eigenvalue weighted by Gasteiger charge is -2.05. The quantitative estimate of drug-likeness (QED) is 0.761. The highest BCUT2D eigenvalue weighted by Gasteiger charge is 2.06. The zero-order valence-corrected chi connectivity index (χ0v) is 10.5. The summed E-state index contributed by atoms with van der Waals surface area (Å²) in [5.74, 6) is -0.109. The van der Waals surface area contributed by atoms with Crippen molar-refractivity contribution < 1.29 is 4.79 Å². The van der Waals surface area contributed by atoms with Crippen LogP contribution in [0.15, 0.2) is 54.7 Å². The molecule has 1 amide bonds. The minimum Gasteiger partial charge on any atom is -0.322 e. The monoisotopic (exact) mass is 251 g/mol. The zero-order chi connectivity index (χ0) is 13.2. The maximum atomic E-state index is 12.0. The maximum absolute atomic E-state index is 12.0. The molecular formula is C15H13N3O. The first-order valence-electron chi connectivity index (χ1n) is 6.02. The highest BCUT2D eigenvalue weighted by Crippen LogP contribution is 2.18. The molecule has 0 bridgehead atoms. The third kappa shape index (κ3) is 2.20. The lowest BCUT2D eigenvalue weighted by molar-refractivity contribution is 0.102. The van der Waals surface area contributed by atoms with Gasteiger partial charge in [-0.2, -0.15) is 5.10 Å². The molecule has 4 nitrogen and oxygen atoms in total. The molecule has 0 spiro atoms. The molecule has 3 aromatic rings. The van der Waals surface area contributed by atoms with E-state index in [0.717, 1.165) is 16.6 Å². The van der Waals surface area contributed by atoms with Crippen molar-refractivity contribution in [3.63, 3.8) is 0 Å². The van der Waals surface area contributed by atoms with Gasteiger partial charge >= 0.3 is 0 Å². The molecule has 0 saturated heterocycles. The first-order valence-corrected chi connectivity index (χ1v) is 6.02. The Morgan fingerprint density at radius 3 is 2.74 bits per heavy atom. The molecule has 3 rings (SSSR count). The van der Waals surface area contributed by atoms with Gasteiger partial charge in [-0.3, -0.25) is 9.48 Å². The molecule has 2 aromatic carbocycles. The van der Waals surface area contributed by atoms with Crippen molar-refractivity contribution in [2.45, 2.75) is 0 Å². The number of hydrogen-bond acceptors (Lipinski definition) is 2. The van der Waals surface area contributed by atoms with Crippen LogP contribution in [-0.2, 0) is 7.05 Å². The van der Waals surface area contributed by atoms with E-state index in [1.54, 1.807) is 23.0 Å². The van der Waals surface area contributed by atoms with Crippen LogP contribution in [0.3, 0.4) is 0 Å². The number of amides is 1. The molecule has 1 N–H and O–H groups in total. The van der Waals surface area contributed by atoms with Crippen molar-refractivity contribution in [3.8, 4) is 0 Å². The Morgan fingerprint density at radius 1 is 1.16 bits per heavy atom. The number of carbonyl (C=O) groups excluding carboxylic acids is 1. The largest absolute Gasteiger partial charge is 0.322 e. The Labute approximate surface area is 110 Å². The smallest absolute Gasteiger partial charge is 0.255 e. The van der Waals surface area contributed by atoms with Gasteiger partial charge < -0.3 is 5.32 Å². The Balaban J connectivity index is 1.89. The number of nitrogens with one attached hydrogen (secondary N) is 1. The van der Waals surface area contributed by atoms with Crippen molar-refractivity contribution in [3.05, 3.63) is 60.3 Å². The number of aromatic nitrogens is 2. The number of fused-ring (bicyclic) bond motifs is 1. The van der Waals surface area contributed by atoms with E-state index in [-0.39, 0.29) is 5.91 Å². The van der Waals surface area contributed by atoms with Gasteiger partial charge in [-0.15, -0.1) is 0 Å². The maximum Gasteiger partial charge on any atom is 0.255 e. The molecule has 0 radical (unpaired) electrons. The molecule has 0 saturated carbocycles. The van der Waals surface area contributed by atoms with Gasteiger partial charge in [0.1, 0.15) is 0 Å². The number of aryl methyl sites for hydroxylation is 1. The van der Waals surface area contributed by atoms with Crippen LogP contribution in [0.2, 0.25) is 0 Å². The molecule has 19 heavy (non-hydrogen) atoms. The van der Waals surface area contributed by atoms with Gasteiger partial charge in [0.05, 0.1) is 11.7 Å². The van der Waals surface area contributed by atoms with Crippen molar-refractivity contribution in [1.82, 2.24) is 9.78 Å². The summed E-state index contributed by atoms with van der Waals surface area (Å²) in [5, 5.41) is 8.12. The van der Waals surface area contributed by atoms with Crippen LogP contribution < -0.4 is 5.32 Å². The molecule has 0 aliphatic heterocycles. The van der Waals surface area contributed by atoms with Gasteiger partial charge in [0, 0.05) is 23.7 Å². The van der Waals surface area contributed by atoms with E-state index >= 15 is 0 Å². The Morgan fingerprint density at radius 2 is 1.95 bits per heavy atom. The summed E-state index contributed by atoms with van der Waals surface area (Å²) < 4.78 is 1.79. The van der Waals surface area contributed by atoms with E-state index in [4.69, 9.17) is 0 Å². The molecule has 1 heterocycles. The number of nitrogens with zero attached hydrogens (tertiary/aromatic N) is 2. The van der Waals surface area contributed by atoms with Crippen LogP contribution in [0, 0.1) is 0 Å². The summed E-state index contributed by atoms with van der Waals surface area (Å²) in [4.78, 5) is 12.0. The number of carbonyl (C=O) groups is 1. The minimum atomic E-state index is -0.109. The first-order chi connectivity index (χ1) is 9.24. The topological polar surface area (TPSA) is 46.9 Å². The van der Waals surface area contributed by atoms with Crippen molar-refractivity contribution in [2.75, 3.05) is 5.32 Å². The van der Waals surface area contributed by atoms with E-state index in [9.17, 15) is 4.79 Å². The SMILES string of the molecule is Cn1ncc2ccc(NC(=O)c3ccccc3)cc21. The van der Waals surface area contributed by atoms with Gasteiger partial charge in [-0.25, -0.2) is 0 Å². The van der Waals surface area contributed by atoms with Crippen LogP contribution in [0.1, 0.15) is 10.4 Å². The molecule has 94 valence electrons. The molecule has 0 aliphatic carbocycles. The van der Waals surface area contributed by atoms with E-state index in [1.807, 2.05) is 43.4 Å². The van der Waals surface area contributed by atoms with E-state index in [2.05, 4.69) is 10.4 Å². The highest BCUT2D eigenvalue weighted by molar-refractivity contribution is 6.05. The second-order valence-corrected chi connectivity index (χ2v) is 4.36. The van der Waals surface area contributed by atoms with Crippen molar-refractivity contribution >= 4 is 22.5 Å². The molecule has 1 aromatic heterocycles. The van der Waals surface area contributed by atoms with Crippen LogP contribution in [0.4, 0.5) is 5.69 Å². The summed E-state index contributed by atoms with van der Waals surface area (Å²) in [6.07, 6.45) is 1.80. The van der Waals surface area contributed by atoms with Crippen molar-refractivity contribution in [1.29, 1.82) is 0 Å². The normalized spacial score (nSPS) is 10.6. The van der Waals surface area contributed by atoms with Gasteiger partial charge in [-0.1, -0.05) is 18.2 Å². The summed E-state index contributed by atoms with van der Waals surface area (Å²) >= 11 is 0. The molecule has 0 fully saturated rings. The van der Waals surface area contributed by atoms with Gasteiger partial charge in [-0.05, 0) is 30.3 Å². The Hall–Kier alpha value is -2.62. The molecule has 0 atom stereocenters. The fraction of sp³-hybridized carbons (Fsp3) is 0.0667. The minimum absolute atomic E-state index is 0.109. The fourth-order valence-corrected chi connectivity index (χ4v) is 2.01. The van der Waals surface area contributed by atoms with Crippen LogP contribution in [-0.4, -0.2) is 15.7 Å². The van der Waals surface area contributed by atoms with Crippen molar-refractivity contribution in [2.24, 2.45) is 7.05 Å². The highest BCUT2D eigenvalue weighted by atomic mass is 16.1. The van der Waals surface area contributed by atoms with Crippen LogP contribution >= 0.6 is 0 Å². The molecule has 0 aliphatic rings. The standard InChI is InChI=1S/C15H13N3O/c1-18-14-9-13(8-7-12(14)10-16-18)17-15(19)11-5-3-2-4-6-11/h2-10H,1H3,(H,17,19). The third-order valence-electron chi connectivity index (χ3n) is 3.04. The third-order valence-corrected chi connectivity index (χ3v) is 3.04. The lowest BCUT2D eigenvalue weighted by atomic mass is 10.2. The van der Waals surface area contributed by atoms with Crippen LogP contribution in [0.25, 0.3) is 10.9 Å². The molecular weight excluding hydrogens is 238 g/mol. The zero-order valence-electron chi connectivity index (χ0n) is 10.5. The summed E-state index contributed by atoms with van der Waals surface area (Å²) in [7, 11) is 1.88. The average Bonchev–Trinajstić information content (AvgIpc) is 2.81. The number of anilines is 1. The predicted molar refractivity (Wildman–Crippen MR) is 75.1 cm³/mol. The number of hydrogen-bond donors (Lipinski definition) is 1. The van der Waals surface area contributed by atoms with E-state index < -0.39 is 0 Å². The number of rotatable bonds is 2. The fourth-order valence-electron chi connectivity index (χ4n) is 2.01. The summed E-state index contributed by atoms with van der Waals surface area (Å²) in [5.41, 5.74) is 2.41. The van der Waals surface area contributed by atoms with Gasteiger partial charge in [0.25, 0.3) is 5.91 Å². The van der Waals surface area contributed by atoms with E-state index in [1.165, 1.54) is 0 Å². The molecule has 4 heteroatoms. The predicted octanol–water partition coefficient (Wildman–Crippen LogP) is 2.83. The Bertz CT molecular complexity index is 731.